The van der Waals surface area contributed by atoms with Crippen LogP contribution in [0.15, 0.2) is 182 Å². The first-order chi connectivity index (χ1) is 24.3. The number of rotatable bonds is 2. The van der Waals surface area contributed by atoms with E-state index in [4.69, 9.17) is 0 Å². The van der Waals surface area contributed by atoms with Crippen molar-refractivity contribution in [2.24, 2.45) is 0 Å². The van der Waals surface area contributed by atoms with Gasteiger partial charge in [0.15, 0.2) is 0 Å². The maximum Gasteiger partial charge on any atom is 0.0725 e. The van der Waals surface area contributed by atoms with Crippen molar-refractivity contribution >= 4 is 32.3 Å². The van der Waals surface area contributed by atoms with Crippen LogP contribution in [0.25, 0.3) is 76.8 Å². The summed E-state index contributed by atoms with van der Waals surface area (Å²) in [6.07, 6.45) is 0. The fourth-order valence-corrected chi connectivity index (χ4v) is 9.23. The molecule has 0 saturated carbocycles. The Morgan fingerprint density at radius 2 is 0.776 bits per heavy atom. The van der Waals surface area contributed by atoms with Gasteiger partial charge in [-0.1, -0.05) is 170 Å². The molecule has 0 aromatic heterocycles. The first-order valence-electron chi connectivity index (χ1n) is 17.2. The van der Waals surface area contributed by atoms with Crippen LogP contribution in [0.2, 0.25) is 0 Å². The molecule has 0 atom stereocenters. The zero-order chi connectivity index (χ0) is 32.1. The predicted octanol–water partition coefficient (Wildman–Crippen LogP) is 12.8. The van der Waals surface area contributed by atoms with Crippen molar-refractivity contribution < 1.29 is 0 Å². The second-order valence-corrected chi connectivity index (χ2v) is 13.6. The molecule has 0 heteroatoms. The van der Waals surface area contributed by atoms with E-state index in [0.29, 0.717) is 0 Å². The molecule has 0 heterocycles. The smallest absolute Gasteiger partial charge is 0.0619 e. The topological polar surface area (TPSA) is 0 Å². The van der Waals surface area contributed by atoms with E-state index in [9.17, 15) is 0 Å². The van der Waals surface area contributed by atoms with Crippen molar-refractivity contribution in [1.82, 2.24) is 0 Å². The third-order valence-electron chi connectivity index (χ3n) is 11.3. The summed E-state index contributed by atoms with van der Waals surface area (Å²) in [6.45, 7) is 0. The van der Waals surface area contributed by atoms with Gasteiger partial charge in [-0.15, -0.1) is 0 Å². The lowest BCUT2D eigenvalue weighted by molar-refractivity contribution is 0.795. The molecular weight excluding hydrogens is 589 g/mol. The van der Waals surface area contributed by atoms with Crippen molar-refractivity contribution in [1.29, 1.82) is 0 Å². The van der Waals surface area contributed by atoms with E-state index in [1.165, 1.54) is 99.1 Å². The molecule has 0 bridgehead atoms. The van der Waals surface area contributed by atoms with Gasteiger partial charge in [-0.05, 0) is 111 Å². The highest BCUT2D eigenvalue weighted by Gasteiger charge is 2.52. The Labute approximate surface area is 285 Å². The minimum Gasteiger partial charge on any atom is -0.0619 e. The average molecular weight is 619 g/mol. The largest absolute Gasteiger partial charge is 0.0725 e. The van der Waals surface area contributed by atoms with Gasteiger partial charge >= 0.3 is 0 Å². The molecule has 11 rings (SSSR count). The lowest BCUT2D eigenvalue weighted by Crippen LogP contribution is -2.25. The number of hydrogen-bond acceptors (Lipinski definition) is 0. The van der Waals surface area contributed by atoms with E-state index in [1.807, 2.05) is 0 Å². The molecule has 2 aliphatic carbocycles. The molecule has 9 aromatic carbocycles. The molecule has 0 amide bonds. The van der Waals surface area contributed by atoms with Crippen molar-refractivity contribution in [2.45, 2.75) is 5.41 Å². The highest BCUT2D eigenvalue weighted by molar-refractivity contribution is 6.09. The third-order valence-corrected chi connectivity index (χ3v) is 11.3. The van der Waals surface area contributed by atoms with E-state index >= 15 is 0 Å². The van der Waals surface area contributed by atoms with Crippen LogP contribution in [0.5, 0.6) is 0 Å². The zero-order valence-electron chi connectivity index (χ0n) is 26.8. The number of hydrogen-bond donors (Lipinski definition) is 0. The highest BCUT2D eigenvalue weighted by Crippen LogP contribution is 2.64. The van der Waals surface area contributed by atoms with Crippen LogP contribution in [-0.4, -0.2) is 0 Å². The van der Waals surface area contributed by atoms with Gasteiger partial charge in [0.05, 0.1) is 5.41 Å². The maximum absolute atomic E-state index is 2.51. The fraction of sp³-hybridized carbons (Fsp3) is 0.0204. The first kappa shape index (κ1) is 26.8. The Kier molecular flexibility index (Phi) is 5.41. The Bertz CT molecular complexity index is 2790. The van der Waals surface area contributed by atoms with E-state index < -0.39 is 5.41 Å². The monoisotopic (exact) mass is 618 g/mol. The average Bonchev–Trinajstić information content (AvgIpc) is 3.64. The van der Waals surface area contributed by atoms with Gasteiger partial charge in [-0.25, -0.2) is 0 Å². The quantitative estimate of drug-likeness (QED) is 0.181. The van der Waals surface area contributed by atoms with Gasteiger partial charge in [0.2, 0.25) is 0 Å². The molecule has 0 fully saturated rings. The van der Waals surface area contributed by atoms with E-state index in [0.717, 1.165) is 0 Å². The van der Waals surface area contributed by atoms with Gasteiger partial charge in [-0.2, -0.15) is 0 Å². The van der Waals surface area contributed by atoms with Crippen molar-refractivity contribution in [3.05, 3.63) is 204 Å². The van der Waals surface area contributed by atoms with Crippen molar-refractivity contribution in [2.75, 3.05) is 0 Å². The molecule has 0 N–H and O–H groups in total. The molecule has 2 aliphatic rings. The second-order valence-electron chi connectivity index (χ2n) is 13.6. The van der Waals surface area contributed by atoms with Crippen LogP contribution < -0.4 is 0 Å². The summed E-state index contributed by atoms with van der Waals surface area (Å²) < 4.78 is 0. The molecule has 0 saturated heterocycles. The van der Waals surface area contributed by atoms with E-state index in [-0.39, 0.29) is 0 Å². The molecule has 0 unspecified atom stereocenters. The van der Waals surface area contributed by atoms with Crippen molar-refractivity contribution in [3.8, 4) is 44.5 Å². The van der Waals surface area contributed by atoms with Crippen LogP contribution in [0.4, 0.5) is 0 Å². The van der Waals surface area contributed by atoms with E-state index in [2.05, 4.69) is 182 Å². The van der Waals surface area contributed by atoms with Crippen LogP contribution in [0, 0.1) is 0 Å². The standard InChI is InChI=1S/C49H30/c1-2-13-33-29-34(22-21-31(33)11-1)36-26-27-37(40-16-6-5-15-39(36)40)35-23-25-43-47(30-35)49(46-28-24-32-12-3-4-14-38(32)48(43)46)44-19-9-7-17-41(44)42-18-8-10-20-45(42)49/h1-30H. The van der Waals surface area contributed by atoms with Gasteiger partial charge in [-0.3, -0.25) is 0 Å². The van der Waals surface area contributed by atoms with Gasteiger partial charge in [0.1, 0.15) is 0 Å². The number of fused-ring (bicyclic) bond motifs is 14. The van der Waals surface area contributed by atoms with Gasteiger partial charge in [0.25, 0.3) is 0 Å². The summed E-state index contributed by atoms with van der Waals surface area (Å²) in [5.41, 5.74) is 15.5. The molecular formula is C49H30. The lowest BCUT2D eigenvalue weighted by Gasteiger charge is -2.31. The summed E-state index contributed by atoms with van der Waals surface area (Å²) in [5, 5.41) is 7.68. The lowest BCUT2D eigenvalue weighted by atomic mass is 9.70. The van der Waals surface area contributed by atoms with Gasteiger partial charge in [0, 0.05) is 0 Å². The third kappa shape index (κ3) is 3.53. The first-order valence-corrected chi connectivity index (χ1v) is 17.2. The predicted molar refractivity (Wildman–Crippen MR) is 206 cm³/mol. The Morgan fingerprint density at radius 3 is 1.49 bits per heavy atom. The van der Waals surface area contributed by atoms with Crippen LogP contribution in [-0.2, 0) is 5.41 Å². The minimum atomic E-state index is -0.390. The molecule has 1 spiro atoms. The fourth-order valence-electron chi connectivity index (χ4n) is 9.23. The van der Waals surface area contributed by atoms with Gasteiger partial charge < -0.3 is 0 Å². The summed E-state index contributed by atoms with van der Waals surface area (Å²) in [7, 11) is 0. The Hall–Kier alpha value is -6.24. The summed E-state index contributed by atoms with van der Waals surface area (Å²) >= 11 is 0. The molecule has 0 nitrogen and oxygen atoms in total. The Morgan fingerprint density at radius 1 is 0.265 bits per heavy atom. The Balaban J connectivity index is 1.19. The molecule has 9 aromatic rings. The van der Waals surface area contributed by atoms with Crippen LogP contribution in [0.3, 0.4) is 0 Å². The summed E-state index contributed by atoms with van der Waals surface area (Å²) in [5.74, 6) is 0. The second kappa shape index (κ2) is 9.89. The number of benzene rings is 9. The SMILES string of the molecule is c1ccc2c(c1)-c1ccccc1C21c2cc(-c3ccc(-c4ccc5ccccc5c4)c4ccccc34)ccc2-c2c1ccc1ccccc21. The van der Waals surface area contributed by atoms with Crippen molar-refractivity contribution in [3.63, 3.8) is 0 Å². The highest BCUT2D eigenvalue weighted by atomic mass is 14.5. The zero-order valence-corrected chi connectivity index (χ0v) is 26.8. The molecule has 226 valence electrons. The summed E-state index contributed by atoms with van der Waals surface area (Å²) in [4.78, 5) is 0. The molecule has 0 aliphatic heterocycles. The van der Waals surface area contributed by atoms with Crippen LogP contribution in [0.1, 0.15) is 22.3 Å². The molecule has 49 heavy (non-hydrogen) atoms. The van der Waals surface area contributed by atoms with E-state index in [1.54, 1.807) is 0 Å². The normalized spacial score (nSPS) is 13.5. The maximum atomic E-state index is 2.51. The molecule has 0 radical (unpaired) electrons. The van der Waals surface area contributed by atoms with Crippen LogP contribution >= 0.6 is 0 Å². The summed E-state index contributed by atoms with van der Waals surface area (Å²) in [6, 6.07) is 68.1. The minimum absolute atomic E-state index is 0.390.